The van der Waals surface area contributed by atoms with Gasteiger partial charge in [0.25, 0.3) is 0 Å². The molecular formula is C24H27N5O4S2. The molecule has 0 spiro atoms. The van der Waals surface area contributed by atoms with Crippen LogP contribution in [0.25, 0.3) is 16.7 Å². The largest absolute Gasteiger partial charge is 0.383 e. The predicted octanol–water partition coefficient (Wildman–Crippen LogP) is 2.69. The number of hydrogen-bond donors (Lipinski definition) is 2. The molecule has 184 valence electrons. The van der Waals surface area contributed by atoms with Crippen molar-refractivity contribution < 1.29 is 16.8 Å². The first kappa shape index (κ1) is 24.9. The van der Waals surface area contributed by atoms with Gasteiger partial charge in [0, 0.05) is 57.7 Å². The van der Waals surface area contributed by atoms with Crippen LogP contribution in [0.4, 0.5) is 11.5 Å². The first-order chi connectivity index (χ1) is 16.4. The average Bonchev–Trinajstić information content (AvgIpc) is 2.83. The maximum absolute atomic E-state index is 12.7. The maximum atomic E-state index is 12.7. The van der Waals surface area contributed by atoms with E-state index in [0.717, 1.165) is 32.3 Å². The SMILES string of the molecule is CN(C)S(=O)(=O)c1cccc(C2=CCNc3ccc(-c4cnc(N)c(S(=O)(=O)N(C)C)c4)cc32)c1. The topological polar surface area (TPSA) is 126 Å². The van der Waals surface area contributed by atoms with E-state index in [1.54, 1.807) is 18.2 Å². The summed E-state index contributed by atoms with van der Waals surface area (Å²) in [5.74, 6) is -0.0680. The van der Waals surface area contributed by atoms with Crippen LogP contribution in [0, 0.1) is 0 Å². The molecular weight excluding hydrogens is 486 g/mol. The van der Waals surface area contributed by atoms with Gasteiger partial charge in [-0.3, -0.25) is 0 Å². The van der Waals surface area contributed by atoms with Crippen molar-refractivity contribution in [2.75, 3.05) is 45.8 Å². The normalized spacial score (nSPS) is 13.9. The van der Waals surface area contributed by atoms with Crippen LogP contribution < -0.4 is 11.1 Å². The summed E-state index contributed by atoms with van der Waals surface area (Å²) in [7, 11) is -1.49. The molecule has 0 bridgehead atoms. The lowest BCUT2D eigenvalue weighted by Crippen LogP contribution is -2.23. The summed E-state index contributed by atoms with van der Waals surface area (Å²) in [6.07, 6.45) is 3.53. The smallest absolute Gasteiger partial charge is 0.246 e. The standard InChI is InChI=1S/C24H27N5O4S2/c1-28(2)34(30,31)19-7-5-6-17(12-19)20-10-11-26-22-9-8-16(13-21(20)22)18-14-23(24(25)27-15-18)35(32,33)29(3)4/h5-10,12-15,26H,11H2,1-4H3,(H2,25,27). The lowest BCUT2D eigenvalue weighted by Gasteiger charge is -2.22. The number of pyridine rings is 1. The molecule has 1 aliphatic heterocycles. The molecule has 3 N–H and O–H groups in total. The molecule has 0 atom stereocenters. The fraction of sp³-hybridized carbons (Fsp3) is 0.208. The van der Waals surface area contributed by atoms with Gasteiger partial charge in [0.05, 0.1) is 4.90 Å². The van der Waals surface area contributed by atoms with Gasteiger partial charge in [-0.2, -0.15) is 0 Å². The first-order valence-electron chi connectivity index (χ1n) is 10.7. The van der Waals surface area contributed by atoms with E-state index in [4.69, 9.17) is 5.73 Å². The van der Waals surface area contributed by atoms with E-state index >= 15 is 0 Å². The molecule has 9 nitrogen and oxygen atoms in total. The van der Waals surface area contributed by atoms with Crippen LogP contribution in [0.1, 0.15) is 11.1 Å². The van der Waals surface area contributed by atoms with E-state index in [1.807, 2.05) is 30.3 Å². The van der Waals surface area contributed by atoms with E-state index in [9.17, 15) is 16.8 Å². The molecule has 1 aromatic heterocycles. The van der Waals surface area contributed by atoms with Crippen LogP contribution in [0.5, 0.6) is 0 Å². The minimum absolute atomic E-state index is 0.0618. The van der Waals surface area contributed by atoms with Crippen LogP contribution in [0.2, 0.25) is 0 Å². The molecule has 2 aromatic carbocycles. The van der Waals surface area contributed by atoms with Crippen molar-refractivity contribution in [1.29, 1.82) is 0 Å². The summed E-state index contributed by atoms with van der Waals surface area (Å²) in [4.78, 5) is 4.26. The van der Waals surface area contributed by atoms with E-state index in [0.29, 0.717) is 12.1 Å². The van der Waals surface area contributed by atoms with Crippen molar-refractivity contribution in [2.45, 2.75) is 9.79 Å². The Morgan fingerprint density at radius 1 is 0.857 bits per heavy atom. The molecule has 0 saturated heterocycles. The molecule has 4 rings (SSSR count). The summed E-state index contributed by atoms with van der Waals surface area (Å²) in [6, 6.07) is 14.1. The Balaban J connectivity index is 1.81. The second-order valence-corrected chi connectivity index (χ2v) is 12.7. The number of nitrogens with zero attached hydrogens (tertiary/aromatic N) is 3. The third kappa shape index (κ3) is 4.55. The Morgan fingerprint density at radius 3 is 2.26 bits per heavy atom. The first-order valence-corrected chi connectivity index (χ1v) is 13.6. The van der Waals surface area contributed by atoms with E-state index in [2.05, 4.69) is 10.3 Å². The Bertz CT molecular complexity index is 1550. The summed E-state index contributed by atoms with van der Waals surface area (Å²) >= 11 is 0. The molecule has 2 heterocycles. The van der Waals surface area contributed by atoms with Crippen molar-refractivity contribution in [1.82, 2.24) is 13.6 Å². The summed E-state index contributed by atoms with van der Waals surface area (Å²) < 4.78 is 53.0. The van der Waals surface area contributed by atoms with Crippen molar-refractivity contribution in [3.8, 4) is 11.1 Å². The zero-order valence-electron chi connectivity index (χ0n) is 19.8. The Morgan fingerprint density at radius 2 is 1.57 bits per heavy atom. The number of aromatic nitrogens is 1. The van der Waals surface area contributed by atoms with Gasteiger partial charge >= 0.3 is 0 Å². The lowest BCUT2D eigenvalue weighted by molar-refractivity contribution is 0.520. The number of benzene rings is 2. The second-order valence-electron chi connectivity index (χ2n) is 8.47. The highest BCUT2D eigenvalue weighted by Crippen LogP contribution is 2.37. The molecule has 11 heteroatoms. The maximum Gasteiger partial charge on any atom is 0.246 e. The highest BCUT2D eigenvalue weighted by atomic mass is 32.2. The molecule has 0 radical (unpaired) electrons. The number of nitrogen functional groups attached to an aromatic ring is 1. The molecule has 0 unspecified atom stereocenters. The van der Waals surface area contributed by atoms with E-state index in [1.165, 1.54) is 44.8 Å². The summed E-state index contributed by atoms with van der Waals surface area (Å²) in [5, 5.41) is 3.32. The quantitative estimate of drug-likeness (QED) is 0.519. The zero-order valence-corrected chi connectivity index (χ0v) is 21.5. The van der Waals surface area contributed by atoms with Crippen LogP contribution in [0.3, 0.4) is 0 Å². The number of nitrogens with two attached hydrogens (primary N) is 1. The van der Waals surface area contributed by atoms with Crippen molar-refractivity contribution in [3.05, 3.63) is 71.9 Å². The number of hydrogen-bond acceptors (Lipinski definition) is 7. The minimum atomic E-state index is -3.77. The van der Waals surface area contributed by atoms with Crippen LogP contribution >= 0.6 is 0 Å². The van der Waals surface area contributed by atoms with Gasteiger partial charge in [0.1, 0.15) is 10.7 Å². The lowest BCUT2D eigenvalue weighted by atomic mass is 9.91. The predicted molar refractivity (Wildman–Crippen MR) is 138 cm³/mol. The number of sulfonamides is 2. The third-order valence-corrected chi connectivity index (χ3v) is 9.46. The van der Waals surface area contributed by atoms with E-state index in [-0.39, 0.29) is 15.6 Å². The molecule has 35 heavy (non-hydrogen) atoms. The minimum Gasteiger partial charge on any atom is -0.383 e. The fourth-order valence-corrected chi connectivity index (χ4v) is 5.73. The molecule has 0 fully saturated rings. The molecule has 0 saturated carbocycles. The Labute approximate surface area is 206 Å². The number of anilines is 2. The van der Waals surface area contributed by atoms with Crippen LogP contribution in [-0.2, 0) is 20.0 Å². The van der Waals surface area contributed by atoms with Gasteiger partial charge in [0.15, 0.2) is 0 Å². The zero-order chi connectivity index (χ0) is 25.5. The van der Waals surface area contributed by atoms with Gasteiger partial charge in [-0.05, 0) is 47.0 Å². The molecule has 0 aliphatic carbocycles. The second kappa shape index (κ2) is 9.08. The highest BCUT2D eigenvalue weighted by molar-refractivity contribution is 7.89. The van der Waals surface area contributed by atoms with Crippen LogP contribution in [-0.4, -0.2) is 65.2 Å². The van der Waals surface area contributed by atoms with Gasteiger partial charge in [-0.1, -0.05) is 24.3 Å². The van der Waals surface area contributed by atoms with E-state index < -0.39 is 20.0 Å². The van der Waals surface area contributed by atoms with Gasteiger partial charge < -0.3 is 11.1 Å². The summed E-state index contributed by atoms with van der Waals surface area (Å²) in [6.45, 7) is 0.584. The highest BCUT2D eigenvalue weighted by Gasteiger charge is 2.23. The van der Waals surface area contributed by atoms with Gasteiger partial charge in [-0.15, -0.1) is 0 Å². The summed E-state index contributed by atoms with van der Waals surface area (Å²) in [5.41, 5.74) is 10.6. The van der Waals surface area contributed by atoms with Crippen molar-refractivity contribution >= 4 is 37.1 Å². The number of fused-ring (bicyclic) bond motifs is 1. The van der Waals surface area contributed by atoms with Gasteiger partial charge in [-0.25, -0.2) is 30.4 Å². The molecule has 0 amide bonds. The Kier molecular flexibility index (Phi) is 6.45. The van der Waals surface area contributed by atoms with Crippen molar-refractivity contribution in [2.24, 2.45) is 0 Å². The van der Waals surface area contributed by atoms with Crippen molar-refractivity contribution in [3.63, 3.8) is 0 Å². The van der Waals surface area contributed by atoms with Gasteiger partial charge in [0.2, 0.25) is 20.0 Å². The molecule has 1 aliphatic rings. The number of nitrogens with one attached hydrogen (secondary N) is 1. The number of rotatable bonds is 6. The third-order valence-electron chi connectivity index (χ3n) is 5.81. The fourth-order valence-electron chi connectivity index (χ4n) is 3.80. The average molecular weight is 514 g/mol. The molecule has 3 aromatic rings. The Hall–Kier alpha value is -3.25. The monoisotopic (exact) mass is 513 g/mol. The van der Waals surface area contributed by atoms with Crippen LogP contribution in [0.15, 0.2) is 70.6 Å².